The van der Waals surface area contributed by atoms with Gasteiger partial charge in [-0.15, -0.1) is 0 Å². The molecule has 0 fully saturated rings. The maximum absolute atomic E-state index is 11.3. The van der Waals surface area contributed by atoms with E-state index < -0.39 is 5.97 Å². The summed E-state index contributed by atoms with van der Waals surface area (Å²) in [5.41, 5.74) is 2.55. The molecule has 1 atom stereocenters. The highest BCUT2D eigenvalue weighted by atomic mass is 16.5. The van der Waals surface area contributed by atoms with Gasteiger partial charge in [-0.25, -0.2) is 4.79 Å². The Morgan fingerprint density at radius 1 is 1.27 bits per heavy atom. The predicted octanol–water partition coefficient (Wildman–Crippen LogP) is 4.89. The molecule has 0 radical (unpaired) electrons. The van der Waals surface area contributed by atoms with Crippen molar-refractivity contribution in [3.63, 3.8) is 0 Å². The third-order valence-corrected chi connectivity index (χ3v) is 4.03. The zero-order chi connectivity index (χ0) is 18.8. The number of hydrogen-bond acceptors (Lipinski definition) is 4. The second-order valence-corrected chi connectivity index (χ2v) is 5.85. The minimum absolute atomic E-state index is 0.136. The highest BCUT2D eigenvalue weighted by Crippen LogP contribution is 2.31. The van der Waals surface area contributed by atoms with E-state index in [0.717, 1.165) is 24.0 Å². The topological polar surface area (TPSA) is 59.3 Å². The molecule has 0 aliphatic heterocycles. The average Bonchev–Trinajstić information content (AvgIpc) is 2.70. The first kappa shape index (κ1) is 19.3. The molecule has 0 saturated carbocycles. The Labute approximate surface area is 154 Å². The van der Waals surface area contributed by atoms with Gasteiger partial charge in [0.2, 0.25) is 0 Å². The Hall–Kier alpha value is -3.06. The number of nitrogens with zero attached hydrogens (tertiary/aromatic N) is 1. The molecule has 0 spiro atoms. The second kappa shape index (κ2) is 10.0. The first-order valence-corrected chi connectivity index (χ1v) is 8.73. The number of ether oxygens (including phenoxy) is 2. The summed E-state index contributed by atoms with van der Waals surface area (Å²) in [6.45, 7) is 5.87. The monoisotopic (exact) mass is 349 g/mol. The van der Waals surface area contributed by atoms with Gasteiger partial charge in [0.1, 0.15) is 11.9 Å². The molecule has 0 aliphatic carbocycles. The fourth-order valence-corrected chi connectivity index (χ4v) is 2.62. The molecule has 2 aromatic rings. The van der Waals surface area contributed by atoms with Crippen molar-refractivity contribution >= 4 is 5.97 Å². The summed E-state index contributed by atoms with van der Waals surface area (Å²) in [7, 11) is 0. The van der Waals surface area contributed by atoms with Crippen LogP contribution >= 0.6 is 0 Å². The Morgan fingerprint density at radius 3 is 2.69 bits per heavy atom. The van der Waals surface area contributed by atoms with Crippen LogP contribution in [0.15, 0.2) is 61.2 Å². The predicted molar refractivity (Wildman–Crippen MR) is 102 cm³/mol. The molecule has 134 valence electrons. The first-order valence-electron chi connectivity index (χ1n) is 8.73. The summed E-state index contributed by atoms with van der Waals surface area (Å²) in [5, 5.41) is 9.14. The van der Waals surface area contributed by atoms with Crippen molar-refractivity contribution in [1.29, 1.82) is 5.26 Å². The van der Waals surface area contributed by atoms with Crippen molar-refractivity contribution in [2.75, 3.05) is 6.61 Å². The van der Waals surface area contributed by atoms with Crippen molar-refractivity contribution in [2.24, 2.45) is 0 Å². The Kier molecular flexibility index (Phi) is 7.45. The Bertz CT molecular complexity index is 778. The van der Waals surface area contributed by atoms with E-state index in [-0.39, 0.29) is 6.10 Å². The SMILES string of the molecule is C=CC(=O)OC(CC)CCCOc1cc(C#N)ccc1-c1ccccc1. The summed E-state index contributed by atoms with van der Waals surface area (Å²) >= 11 is 0. The van der Waals surface area contributed by atoms with Gasteiger partial charge in [0.15, 0.2) is 0 Å². The second-order valence-electron chi connectivity index (χ2n) is 5.85. The van der Waals surface area contributed by atoms with Crippen molar-refractivity contribution < 1.29 is 14.3 Å². The lowest BCUT2D eigenvalue weighted by molar-refractivity contribution is -0.143. The van der Waals surface area contributed by atoms with Crippen LogP contribution in [0, 0.1) is 11.3 Å². The van der Waals surface area contributed by atoms with Gasteiger partial charge in [0.25, 0.3) is 0 Å². The van der Waals surface area contributed by atoms with E-state index in [0.29, 0.717) is 24.3 Å². The lowest BCUT2D eigenvalue weighted by atomic mass is 10.0. The highest BCUT2D eigenvalue weighted by Gasteiger charge is 2.11. The summed E-state index contributed by atoms with van der Waals surface area (Å²) in [6.07, 6.45) is 3.25. The van der Waals surface area contributed by atoms with Crippen LogP contribution in [0.1, 0.15) is 31.7 Å². The molecule has 0 heterocycles. The lowest BCUT2D eigenvalue weighted by Gasteiger charge is -2.16. The van der Waals surface area contributed by atoms with Crippen LogP contribution < -0.4 is 4.74 Å². The molecular formula is C22H23NO3. The highest BCUT2D eigenvalue weighted by molar-refractivity contribution is 5.81. The quantitative estimate of drug-likeness (QED) is 0.367. The van der Waals surface area contributed by atoms with Gasteiger partial charge in [0, 0.05) is 11.6 Å². The zero-order valence-electron chi connectivity index (χ0n) is 15.0. The molecule has 0 aliphatic rings. The van der Waals surface area contributed by atoms with E-state index in [9.17, 15) is 4.79 Å². The molecule has 1 unspecified atom stereocenters. The Morgan fingerprint density at radius 2 is 2.04 bits per heavy atom. The van der Waals surface area contributed by atoms with E-state index in [2.05, 4.69) is 12.6 Å². The van der Waals surface area contributed by atoms with Gasteiger partial charge in [-0.2, -0.15) is 5.26 Å². The summed E-state index contributed by atoms with van der Waals surface area (Å²) in [4.78, 5) is 11.3. The maximum atomic E-state index is 11.3. The fourth-order valence-electron chi connectivity index (χ4n) is 2.62. The van der Waals surface area contributed by atoms with Crippen molar-refractivity contribution in [3.8, 4) is 22.9 Å². The maximum Gasteiger partial charge on any atom is 0.330 e. The van der Waals surface area contributed by atoms with E-state index in [4.69, 9.17) is 14.7 Å². The molecule has 4 heteroatoms. The van der Waals surface area contributed by atoms with Crippen LogP contribution in [0.5, 0.6) is 5.75 Å². The van der Waals surface area contributed by atoms with E-state index in [1.165, 1.54) is 6.08 Å². The lowest BCUT2D eigenvalue weighted by Crippen LogP contribution is -2.16. The minimum atomic E-state index is -0.397. The fraction of sp³-hybridized carbons (Fsp3) is 0.273. The third-order valence-electron chi connectivity index (χ3n) is 4.03. The van der Waals surface area contributed by atoms with Crippen molar-refractivity contribution in [1.82, 2.24) is 0 Å². The minimum Gasteiger partial charge on any atom is -0.493 e. The van der Waals surface area contributed by atoms with Crippen molar-refractivity contribution in [2.45, 2.75) is 32.3 Å². The standard InChI is InChI=1S/C22H23NO3/c1-3-19(26-22(24)4-2)11-8-14-25-21-15-17(16-23)12-13-20(21)18-9-6-5-7-10-18/h4-7,9-10,12-13,15,19H,2-3,8,11,14H2,1H3. The number of benzene rings is 2. The number of carbonyl (C=O) groups is 1. The van der Waals surface area contributed by atoms with Gasteiger partial charge < -0.3 is 9.47 Å². The van der Waals surface area contributed by atoms with Crippen LogP contribution in [0.4, 0.5) is 0 Å². The molecule has 2 aromatic carbocycles. The largest absolute Gasteiger partial charge is 0.493 e. The van der Waals surface area contributed by atoms with E-state index in [1.54, 1.807) is 12.1 Å². The number of rotatable bonds is 9. The normalized spacial score (nSPS) is 11.2. The molecule has 0 aromatic heterocycles. The van der Waals surface area contributed by atoms with E-state index >= 15 is 0 Å². The molecule has 0 bridgehead atoms. The number of nitriles is 1. The Balaban J connectivity index is 2.01. The molecule has 4 nitrogen and oxygen atoms in total. The summed E-state index contributed by atoms with van der Waals surface area (Å²) < 4.78 is 11.2. The van der Waals surface area contributed by atoms with Gasteiger partial charge in [-0.3, -0.25) is 0 Å². The van der Waals surface area contributed by atoms with Crippen LogP contribution in [-0.4, -0.2) is 18.7 Å². The van der Waals surface area contributed by atoms with Gasteiger partial charge >= 0.3 is 5.97 Å². The van der Waals surface area contributed by atoms with Crippen LogP contribution in [0.25, 0.3) is 11.1 Å². The molecule has 2 rings (SSSR count). The average molecular weight is 349 g/mol. The number of carbonyl (C=O) groups excluding carboxylic acids is 1. The van der Waals surface area contributed by atoms with Crippen LogP contribution in [0.2, 0.25) is 0 Å². The van der Waals surface area contributed by atoms with E-state index in [1.807, 2.05) is 43.3 Å². The first-order chi connectivity index (χ1) is 12.7. The van der Waals surface area contributed by atoms with Crippen molar-refractivity contribution in [3.05, 3.63) is 66.7 Å². The van der Waals surface area contributed by atoms with Gasteiger partial charge in [-0.1, -0.05) is 43.8 Å². The molecule has 0 saturated heterocycles. The zero-order valence-corrected chi connectivity index (χ0v) is 15.0. The molecular weight excluding hydrogens is 326 g/mol. The summed E-state index contributed by atoms with van der Waals surface area (Å²) in [5.74, 6) is 0.289. The summed E-state index contributed by atoms with van der Waals surface area (Å²) in [6, 6.07) is 17.5. The molecule has 26 heavy (non-hydrogen) atoms. The number of hydrogen-bond donors (Lipinski definition) is 0. The third kappa shape index (κ3) is 5.49. The molecule has 0 amide bonds. The van der Waals surface area contributed by atoms with Gasteiger partial charge in [-0.05, 0) is 43.0 Å². The van der Waals surface area contributed by atoms with Crippen LogP contribution in [0.3, 0.4) is 0 Å². The van der Waals surface area contributed by atoms with Crippen LogP contribution in [-0.2, 0) is 9.53 Å². The number of esters is 1. The smallest absolute Gasteiger partial charge is 0.330 e. The van der Waals surface area contributed by atoms with Gasteiger partial charge in [0.05, 0.1) is 18.2 Å². The molecule has 0 N–H and O–H groups in total.